The van der Waals surface area contributed by atoms with E-state index in [-0.39, 0.29) is 0 Å². The Bertz CT molecular complexity index is 787. The minimum Gasteiger partial charge on any atom is -0.492 e. The van der Waals surface area contributed by atoms with Crippen LogP contribution in [0.5, 0.6) is 5.75 Å². The molecule has 0 bridgehead atoms. The second-order valence-corrected chi connectivity index (χ2v) is 7.46. The Hall–Kier alpha value is -2.57. The molecule has 3 rings (SSSR count). The molecule has 0 radical (unpaired) electrons. The zero-order valence-corrected chi connectivity index (χ0v) is 18.0. The topological polar surface area (TPSA) is 64.1 Å². The third kappa shape index (κ3) is 7.69. The summed E-state index contributed by atoms with van der Waals surface area (Å²) in [5.41, 5.74) is 3.61. The fourth-order valence-corrected chi connectivity index (χ4v) is 3.27. The number of hydrogen-bond donors (Lipinski definition) is 2. The number of nitrogens with one attached hydrogen (secondary N) is 2. The highest BCUT2D eigenvalue weighted by Gasteiger charge is 2.14. The molecule has 0 aromatic heterocycles. The Kier molecular flexibility index (Phi) is 9.00. The number of nitrogens with zero attached hydrogens (tertiary/aromatic N) is 1. The van der Waals surface area contributed by atoms with Gasteiger partial charge in [0, 0.05) is 26.8 Å². The summed E-state index contributed by atoms with van der Waals surface area (Å²) in [5, 5.41) is 6.63. The lowest BCUT2D eigenvalue weighted by Gasteiger charge is -2.22. The van der Waals surface area contributed by atoms with Gasteiger partial charge in [0.2, 0.25) is 0 Å². The lowest BCUT2D eigenvalue weighted by molar-refractivity contribution is -0.0390. The summed E-state index contributed by atoms with van der Waals surface area (Å²) in [4.78, 5) is 4.28. The minimum atomic E-state index is 0.311. The molecule has 0 spiro atoms. The van der Waals surface area contributed by atoms with E-state index in [4.69, 9.17) is 14.2 Å². The van der Waals surface area contributed by atoms with Gasteiger partial charge in [-0.2, -0.15) is 0 Å². The van der Waals surface area contributed by atoms with Crippen LogP contribution >= 0.6 is 0 Å². The summed E-state index contributed by atoms with van der Waals surface area (Å²) in [6.07, 6.45) is 2.28. The van der Waals surface area contributed by atoms with Crippen LogP contribution in [0.4, 0.5) is 0 Å². The molecule has 6 nitrogen and oxygen atoms in total. The number of aryl methyl sites for hydroxylation is 1. The van der Waals surface area contributed by atoms with E-state index in [1.54, 1.807) is 7.05 Å². The SMILES string of the molecule is CN=C(NCCOc1ccc(C)cc1)NCc1cccc(COC2CCOCC2)c1. The molecule has 1 saturated heterocycles. The van der Waals surface area contributed by atoms with Gasteiger partial charge in [0.25, 0.3) is 0 Å². The quantitative estimate of drug-likeness (QED) is 0.376. The van der Waals surface area contributed by atoms with Crippen LogP contribution in [0.2, 0.25) is 0 Å². The maximum atomic E-state index is 6.03. The molecule has 2 aromatic rings. The van der Waals surface area contributed by atoms with Gasteiger partial charge in [-0.15, -0.1) is 0 Å². The number of benzene rings is 2. The van der Waals surface area contributed by atoms with Gasteiger partial charge in [-0.25, -0.2) is 0 Å². The molecule has 0 aliphatic carbocycles. The van der Waals surface area contributed by atoms with E-state index in [1.807, 2.05) is 24.3 Å². The Morgan fingerprint density at radius 3 is 2.60 bits per heavy atom. The van der Waals surface area contributed by atoms with Crippen LogP contribution in [-0.4, -0.2) is 45.5 Å². The van der Waals surface area contributed by atoms with Crippen LogP contribution in [0.15, 0.2) is 53.5 Å². The number of guanidine groups is 1. The van der Waals surface area contributed by atoms with Crippen LogP contribution in [0.1, 0.15) is 29.5 Å². The van der Waals surface area contributed by atoms with Crippen molar-refractivity contribution in [3.63, 3.8) is 0 Å². The Morgan fingerprint density at radius 1 is 1.07 bits per heavy atom. The first-order valence-electron chi connectivity index (χ1n) is 10.6. The van der Waals surface area contributed by atoms with E-state index in [0.717, 1.165) is 37.8 Å². The van der Waals surface area contributed by atoms with Crippen molar-refractivity contribution in [2.24, 2.45) is 4.99 Å². The van der Waals surface area contributed by atoms with Crippen molar-refractivity contribution in [2.75, 3.05) is 33.4 Å². The zero-order valence-electron chi connectivity index (χ0n) is 18.0. The van der Waals surface area contributed by atoms with Crippen LogP contribution in [0.25, 0.3) is 0 Å². The molecular weight excluding hydrogens is 378 g/mol. The van der Waals surface area contributed by atoms with Crippen molar-refractivity contribution < 1.29 is 14.2 Å². The summed E-state index contributed by atoms with van der Waals surface area (Å²) < 4.78 is 17.2. The van der Waals surface area contributed by atoms with Gasteiger partial charge in [0.1, 0.15) is 12.4 Å². The van der Waals surface area contributed by atoms with Gasteiger partial charge in [-0.05, 0) is 43.0 Å². The minimum absolute atomic E-state index is 0.311. The van der Waals surface area contributed by atoms with Crippen molar-refractivity contribution >= 4 is 5.96 Å². The van der Waals surface area contributed by atoms with E-state index >= 15 is 0 Å². The summed E-state index contributed by atoms with van der Waals surface area (Å²) in [5.74, 6) is 1.64. The normalized spacial score (nSPS) is 15.1. The highest BCUT2D eigenvalue weighted by atomic mass is 16.5. The third-order valence-electron chi connectivity index (χ3n) is 5.01. The fourth-order valence-electron chi connectivity index (χ4n) is 3.27. The number of ether oxygens (including phenoxy) is 3. The van der Waals surface area contributed by atoms with E-state index in [2.05, 4.69) is 46.8 Å². The second-order valence-electron chi connectivity index (χ2n) is 7.46. The average molecular weight is 412 g/mol. The largest absolute Gasteiger partial charge is 0.492 e. The molecule has 30 heavy (non-hydrogen) atoms. The molecule has 1 aliphatic heterocycles. The van der Waals surface area contributed by atoms with Crippen molar-refractivity contribution in [3.05, 3.63) is 65.2 Å². The van der Waals surface area contributed by atoms with E-state index < -0.39 is 0 Å². The second kappa shape index (κ2) is 12.2. The zero-order chi connectivity index (χ0) is 21.0. The van der Waals surface area contributed by atoms with E-state index in [0.29, 0.717) is 32.4 Å². The monoisotopic (exact) mass is 411 g/mol. The van der Waals surface area contributed by atoms with Crippen molar-refractivity contribution in [1.82, 2.24) is 10.6 Å². The van der Waals surface area contributed by atoms with Crippen molar-refractivity contribution in [2.45, 2.75) is 39.0 Å². The molecule has 162 valence electrons. The molecular formula is C24H33N3O3. The summed E-state index contributed by atoms with van der Waals surface area (Å²) in [7, 11) is 1.77. The lowest BCUT2D eigenvalue weighted by atomic mass is 10.1. The van der Waals surface area contributed by atoms with Crippen LogP contribution in [-0.2, 0) is 22.6 Å². The summed E-state index contributed by atoms with van der Waals surface area (Å²) >= 11 is 0. The Labute approximate surface area is 179 Å². The summed E-state index contributed by atoms with van der Waals surface area (Å²) in [6, 6.07) is 16.5. The number of aliphatic imine (C=N–C) groups is 1. The smallest absolute Gasteiger partial charge is 0.191 e. The highest BCUT2D eigenvalue weighted by molar-refractivity contribution is 5.79. The van der Waals surface area contributed by atoms with Crippen LogP contribution in [0, 0.1) is 6.92 Å². The predicted octanol–water partition coefficient (Wildman–Crippen LogP) is 3.43. The molecule has 1 heterocycles. The lowest BCUT2D eigenvalue weighted by Crippen LogP contribution is -2.38. The van der Waals surface area contributed by atoms with Gasteiger partial charge >= 0.3 is 0 Å². The fraction of sp³-hybridized carbons (Fsp3) is 0.458. The maximum absolute atomic E-state index is 6.03. The predicted molar refractivity (Wildman–Crippen MR) is 120 cm³/mol. The Morgan fingerprint density at radius 2 is 1.83 bits per heavy atom. The van der Waals surface area contributed by atoms with Crippen LogP contribution in [0.3, 0.4) is 0 Å². The summed E-state index contributed by atoms with van der Waals surface area (Å²) in [6.45, 7) is 6.25. The molecule has 0 atom stereocenters. The first-order chi connectivity index (χ1) is 14.7. The number of rotatable bonds is 9. The first kappa shape index (κ1) is 22.1. The first-order valence-corrected chi connectivity index (χ1v) is 10.6. The molecule has 6 heteroatoms. The van der Waals surface area contributed by atoms with Gasteiger partial charge in [-0.1, -0.05) is 42.0 Å². The van der Waals surface area contributed by atoms with Gasteiger partial charge in [0.15, 0.2) is 5.96 Å². The van der Waals surface area contributed by atoms with E-state index in [1.165, 1.54) is 16.7 Å². The Balaban J connectivity index is 1.37. The molecule has 1 fully saturated rings. The third-order valence-corrected chi connectivity index (χ3v) is 5.01. The van der Waals surface area contributed by atoms with Crippen molar-refractivity contribution in [3.8, 4) is 5.75 Å². The van der Waals surface area contributed by atoms with E-state index in [9.17, 15) is 0 Å². The van der Waals surface area contributed by atoms with Crippen molar-refractivity contribution in [1.29, 1.82) is 0 Å². The maximum Gasteiger partial charge on any atom is 0.191 e. The van der Waals surface area contributed by atoms with Gasteiger partial charge < -0.3 is 24.8 Å². The highest BCUT2D eigenvalue weighted by Crippen LogP contribution is 2.14. The number of hydrogen-bond acceptors (Lipinski definition) is 4. The molecule has 1 aliphatic rings. The van der Waals surface area contributed by atoms with Gasteiger partial charge in [-0.3, -0.25) is 4.99 Å². The van der Waals surface area contributed by atoms with Crippen LogP contribution < -0.4 is 15.4 Å². The molecule has 2 N–H and O–H groups in total. The standard InChI is InChI=1S/C24H33N3O3/c1-19-6-8-22(9-7-19)29-15-12-26-24(25-2)27-17-20-4-3-5-21(16-20)18-30-23-10-13-28-14-11-23/h3-9,16,23H,10-15,17-18H2,1-2H3,(H2,25,26,27). The van der Waals surface area contributed by atoms with Gasteiger partial charge in [0.05, 0.1) is 19.3 Å². The molecule has 0 unspecified atom stereocenters. The molecule has 0 saturated carbocycles. The average Bonchev–Trinajstić information content (AvgIpc) is 2.79. The molecule has 0 amide bonds. The molecule has 2 aromatic carbocycles.